The van der Waals surface area contributed by atoms with E-state index in [0.29, 0.717) is 24.6 Å². The number of aromatic nitrogens is 4. The molecule has 0 aliphatic carbocycles. The molecule has 128 valence electrons. The van der Waals surface area contributed by atoms with Crippen LogP contribution < -0.4 is 5.32 Å². The Labute approximate surface area is 146 Å². The van der Waals surface area contributed by atoms with Gasteiger partial charge in [-0.05, 0) is 17.4 Å². The Morgan fingerprint density at radius 2 is 2.04 bits per heavy atom. The summed E-state index contributed by atoms with van der Waals surface area (Å²) >= 11 is 0. The predicted octanol–water partition coefficient (Wildman–Crippen LogP) is 2.63. The quantitative estimate of drug-likeness (QED) is 0.772. The van der Waals surface area contributed by atoms with Crippen molar-refractivity contribution in [2.24, 2.45) is 5.41 Å². The van der Waals surface area contributed by atoms with E-state index in [1.54, 1.807) is 6.20 Å². The van der Waals surface area contributed by atoms with Gasteiger partial charge >= 0.3 is 0 Å². The number of carbonyl (C=O) groups is 1. The molecule has 1 amide bonds. The number of carbonyl (C=O) groups excluding carboxylic acids is 1. The number of nitrogens with zero attached hydrogens (tertiary/aromatic N) is 3. The fraction of sp³-hybridized carbons (Fsp3) is 0.316. The van der Waals surface area contributed by atoms with Crippen molar-refractivity contribution in [3.8, 4) is 11.4 Å². The highest BCUT2D eigenvalue weighted by Crippen LogP contribution is 2.27. The summed E-state index contributed by atoms with van der Waals surface area (Å²) < 4.78 is 1.88. The van der Waals surface area contributed by atoms with Crippen molar-refractivity contribution in [1.82, 2.24) is 25.1 Å². The lowest BCUT2D eigenvalue weighted by atomic mass is 9.88. The first-order valence-electron chi connectivity index (χ1n) is 8.44. The lowest BCUT2D eigenvalue weighted by molar-refractivity contribution is 0.0940. The van der Waals surface area contributed by atoms with Crippen LogP contribution in [0.4, 0.5) is 0 Å². The van der Waals surface area contributed by atoms with Crippen LogP contribution in [0.15, 0.2) is 42.7 Å². The summed E-state index contributed by atoms with van der Waals surface area (Å²) in [5, 5.41) is 7.37. The third kappa shape index (κ3) is 3.20. The lowest BCUT2D eigenvalue weighted by Gasteiger charge is -2.21. The van der Waals surface area contributed by atoms with Crippen molar-refractivity contribution in [2.75, 3.05) is 6.54 Å². The van der Waals surface area contributed by atoms with Crippen molar-refractivity contribution in [2.45, 2.75) is 26.8 Å². The van der Waals surface area contributed by atoms with E-state index >= 15 is 0 Å². The Morgan fingerprint density at radius 1 is 1.24 bits per heavy atom. The molecule has 0 saturated carbocycles. The number of hydrogen-bond donors (Lipinski definition) is 2. The number of amides is 1. The van der Waals surface area contributed by atoms with Crippen LogP contribution in [0.25, 0.3) is 11.4 Å². The summed E-state index contributed by atoms with van der Waals surface area (Å²) in [4.78, 5) is 20.1. The van der Waals surface area contributed by atoms with Crippen LogP contribution in [0.1, 0.15) is 35.6 Å². The maximum absolute atomic E-state index is 12.3. The molecule has 0 unspecified atom stereocenters. The molecule has 6 heteroatoms. The fourth-order valence-electron chi connectivity index (χ4n) is 3.15. The summed E-state index contributed by atoms with van der Waals surface area (Å²) in [7, 11) is 0. The maximum atomic E-state index is 12.3. The van der Waals surface area contributed by atoms with Gasteiger partial charge in [0.2, 0.25) is 0 Å². The number of imidazole rings is 1. The zero-order chi connectivity index (χ0) is 17.4. The number of fused-ring (bicyclic) bond motifs is 1. The van der Waals surface area contributed by atoms with Crippen molar-refractivity contribution in [3.05, 3.63) is 59.7 Å². The van der Waals surface area contributed by atoms with E-state index in [9.17, 15) is 4.79 Å². The molecular formula is C19H21N5O. The molecule has 2 aromatic heterocycles. The Bertz CT molecular complexity index is 907. The first-order valence-corrected chi connectivity index (χ1v) is 8.44. The summed E-state index contributed by atoms with van der Waals surface area (Å²) in [6.45, 7) is 5.64. The first kappa shape index (κ1) is 15.6. The smallest absolute Gasteiger partial charge is 0.271 e. The van der Waals surface area contributed by atoms with Gasteiger partial charge in [0.1, 0.15) is 11.5 Å². The van der Waals surface area contributed by atoms with Crippen molar-refractivity contribution in [3.63, 3.8) is 0 Å². The number of hydrogen-bond acceptors (Lipinski definition) is 3. The number of nitrogens with one attached hydrogen (secondary N) is 2. The van der Waals surface area contributed by atoms with Crippen LogP contribution >= 0.6 is 0 Å². The van der Waals surface area contributed by atoms with E-state index in [1.165, 1.54) is 5.56 Å². The molecule has 4 rings (SSSR count). The normalized spacial score (nSPS) is 16.2. The van der Waals surface area contributed by atoms with Crippen LogP contribution in [0.3, 0.4) is 0 Å². The topological polar surface area (TPSA) is 75.6 Å². The second-order valence-corrected chi connectivity index (χ2v) is 7.35. The summed E-state index contributed by atoms with van der Waals surface area (Å²) in [6.07, 6.45) is 4.52. The van der Waals surface area contributed by atoms with Crippen LogP contribution in [0.5, 0.6) is 0 Å². The van der Waals surface area contributed by atoms with E-state index in [1.807, 2.05) is 29.1 Å². The van der Waals surface area contributed by atoms with Gasteiger partial charge in [-0.15, -0.1) is 0 Å². The number of benzene rings is 1. The minimum atomic E-state index is -0.111. The minimum Gasteiger partial charge on any atom is -0.350 e. The van der Waals surface area contributed by atoms with E-state index in [2.05, 4.69) is 46.4 Å². The van der Waals surface area contributed by atoms with Gasteiger partial charge in [-0.2, -0.15) is 5.10 Å². The highest BCUT2D eigenvalue weighted by atomic mass is 16.1. The number of H-pyrrole nitrogens is 1. The monoisotopic (exact) mass is 335 g/mol. The predicted molar refractivity (Wildman–Crippen MR) is 95.2 cm³/mol. The molecule has 3 heterocycles. The zero-order valence-corrected chi connectivity index (χ0v) is 14.4. The van der Waals surface area contributed by atoms with Crippen LogP contribution in [-0.4, -0.2) is 32.2 Å². The molecule has 25 heavy (non-hydrogen) atoms. The highest BCUT2D eigenvalue weighted by molar-refractivity contribution is 5.94. The van der Waals surface area contributed by atoms with E-state index in [-0.39, 0.29) is 11.3 Å². The van der Waals surface area contributed by atoms with Gasteiger partial charge in [0, 0.05) is 18.4 Å². The average molecular weight is 335 g/mol. The van der Waals surface area contributed by atoms with Gasteiger partial charge < -0.3 is 10.3 Å². The highest BCUT2D eigenvalue weighted by Gasteiger charge is 2.30. The van der Waals surface area contributed by atoms with Crippen molar-refractivity contribution in [1.29, 1.82) is 0 Å². The second-order valence-electron chi connectivity index (χ2n) is 7.35. The second kappa shape index (κ2) is 5.88. The first-order chi connectivity index (χ1) is 12.0. The maximum Gasteiger partial charge on any atom is 0.271 e. The Kier molecular flexibility index (Phi) is 3.67. The average Bonchev–Trinajstić information content (AvgIpc) is 3.18. The minimum absolute atomic E-state index is 0.00219. The molecule has 3 aromatic rings. The van der Waals surface area contributed by atoms with E-state index in [4.69, 9.17) is 0 Å². The molecule has 6 nitrogen and oxygen atoms in total. The van der Waals surface area contributed by atoms with Gasteiger partial charge in [-0.25, -0.2) is 4.98 Å². The van der Waals surface area contributed by atoms with Gasteiger partial charge in [-0.1, -0.05) is 44.2 Å². The molecule has 0 atom stereocenters. The number of aromatic amines is 1. The molecule has 2 N–H and O–H groups in total. The Balaban J connectivity index is 1.61. The molecule has 0 fully saturated rings. The van der Waals surface area contributed by atoms with Crippen molar-refractivity contribution < 1.29 is 4.79 Å². The van der Waals surface area contributed by atoms with Crippen LogP contribution in [-0.2, 0) is 13.0 Å². The molecule has 0 spiro atoms. The summed E-state index contributed by atoms with van der Waals surface area (Å²) in [5.41, 5.74) is 3.47. The van der Waals surface area contributed by atoms with Crippen molar-refractivity contribution >= 4 is 5.91 Å². The van der Waals surface area contributed by atoms with E-state index < -0.39 is 0 Å². The zero-order valence-electron chi connectivity index (χ0n) is 14.4. The molecule has 0 bridgehead atoms. The lowest BCUT2D eigenvalue weighted by Crippen LogP contribution is -2.32. The molecule has 0 saturated heterocycles. The molecular weight excluding hydrogens is 314 g/mol. The van der Waals surface area contributed by atoms with Gasteiger partial charge in [0.15, 0.2) is 0 Å². The molecule has 1 aliphatic rings. The third-order valence-corrected chi connectivity index (χ3v) is 4.47. The van der Waals surface area contributed by atoms with Gasteiger partial charge in [0.05, 0.1) is 18.3 Å². The fourth-order valence-corrected chi connectivity index (χ4v) is 3.15. The Morgan fingerprint density at radius 3 is 2.84 bits per heavy atom. The van der Waals surface area contributed by atoms with Crippen LogP contribution in [0, 0.1) is 5.41 Å². The third-order valence-electron chi connectivity index (χ3n) is 4.47. The molecule has 0 radical (unpaired) electrons. The van der Waals surface area contributed by atoms with Crippen LogP contribution in [0.2, 0.25) is 0 Å². The van der Waals surface area contributed by atoms with Gasteiger partial charge in [0.25, 0.3) is 5.91 Å². The SMILES string of the molecule is CC1(C)CNC(=O)c2nc(-c3cnn(Cc4ccccc4)c3)[nH]c2C1. The molecule has 1 aliphatic heterocycles. The summed E-state index contributed by atoms with van der Waals surface area (Å²) in [6, 6.07) is 10.2. The van der Waals surface area contributed by atoms with Gasteiger partial charge in [-0.3, -0.25) is 9.48 Å². The largest absolute Gasteiger partial charge is 0.350 e. The molecule has 1 aromatic carbocycles. The Hall–Kier alpha value is -2.89. The number of rotatable bonds is 3. The summed E-state index contributed by atoms with van der Waals surface area (Å²) in [5.74, 6) is 0.580. The standard InChI is InChI=1S/C19H21N5O/c1-19(2)8-15-16(18(25)20-12-19)23-17(22-15)14-9-21-24(11-14)10-13-6-4-3-5-7-13/h3-7,9,11H,8,10,12H2,1-2H3,(H,20,25)(H,22,23). The van der Waals surface area contributed by atoms with E-state index in [0.717, 1.165) is 17.7 Å².